The lowest BCUT2D eigenvalue weighted by Crippen LogP contribution is -2.43. The molecule has 1 atom stereocenters. The van der Waals surface area contributed by atoms with E-state index in [2.05, 4.69) is 46.8 Å². The molecule has 1 aliphatic rings. The minimum absolute atomic E-state index is 0.330. The van der Waals surface area contributed by atoms with Crippen LogP contribution >= 0.6 is 15.9 Å². The minimum atomic E-state index is 0.330. The second-order valence-electron chi connectivity index (χ2n) is 4.74. The topological polar surface area (TPSA) is 29.3 Å². The van der Waals surface area contributed by atoms with Crippen LogP contribution in [-0.4, -0.2) is 19.1 Å². The maximum absolute atomic E-state index is 6.04. The van der Waals surface area contributed by atoms with Crippen LogP contribution in [0.25, 0.3) is 0 Å². The Kier molecular flexibility index (Phi) is 3.55. The standard InChI is InChI=1S/C13H19BrN2/c1-9-6-11(14)7-10(2)13(9)16-5-3-4-12(15)8-16/h6-7,12H,3-5,8,15H2,1-2H3/t12-/m0/s1. The zero-order chi connectivity index (χ0) is 11.7. The Bertz CT molecular complexity index is 367. The van der Waals surface area contributed by atoms with Gasteiger partial charge in [-0.15, -0.1) is 0 Å². The Balaban J connectivity index is 2.32. The monoisotopic (exact) mass is 282 g/mol. The van der Waals surface area contributed by atoms with Gasteiger partial charge in [-0.25, -0.2) is 0 Å². The van der Waals surface area contributed by atoms with E-state index in [-0.39, 0.29) is 0 Å². The second-order valence-corrected chi connectivity index (χ2v) is 5.65. The van der Waals surface area contributed by atoms with Gasteiger partial charge in [-0.2, -0.15) is 0 Å². The summed E-state index contributed by atoms with van der Waals surface area (Å²) in [5, 5.41) is 0. The normalized spacial score (nSPS) is 21.2. The molecular formula is C13H19BrN2. The van der Waals surface area contributed by atoms with E-state index in [4.69, 9.17) is 5.73 Å². The molecule has 0 radical (unpaired) electrons. The lowest BCUT2D eigenvalue weighted by Gasteiger charge is -2.34. The molecule has 0 aliphatic carbocycles. The first-order valence-electron chi connectivity index (χ1n) is 5.85. The van der Waals surface area contributed by atoms with Crippen molar-refractivity contribution in [3.8, 4) is 0 Å². The third-order valence-electron chi connectivity index (χ3n) is 3.23. The number of benzene rings is 1. The molecule has 0 bridgehead atoms. The number of anilines is 1. The van der Waals surface area contributed by atoms with Gasteiger partial charge in [-0.3, -0.25) is 0 Å². The molecule has 0 unspecified atom stereocenters. The van der Waals surface area contributed by atoms with Gasteiger partial charge in [0.15, 0.2) is 0 Å². The Morgan fingerprint density at radius 3 is 2.50 bits per heavy atom. The van der Waals surface area contributed by atoms with Crippen LogP contribution < -0.4 is 10.6 Å². The van der Waals surface area contributed by atoms with Gasteiger partial charge in [-0.05, 0) is 49.9 Å². The molecule has 2 nitrogen and oxygen atoms in total. The fourth-order valence-corrected chi connectivity index (χ4v) is 3.30. The summed E-state index contributed by atoms with van der Waals surface area (Å²) < 4.78 is 1.16. The fourth-order valence-electron chi connectivity index (χ4n) is 2.61. The van der Waals surface area contributed by atoms with Gasteiger partial charge in [-0.1, -0.05) is 15.9 Å². The van der Waals surface area contributed by atoms with Crippen molar-refractivity contribution in [3.63, 3.8) is 0 Å². The first-order chi connectivity index (χ1) is 7.58. The highest BCUT2D eigenvalue weighted by Gasteiger charge is 2.19. The van der Waals surface area contributed by atoms with Gasteiger partial charge in [0, 0.05) is 29.3 Å². The molecule has 0 saturated carbocycles. The third kappa shape index (κ3) is 2.41. The van der Waals surface area contributed by atoms with Gasteiger partial charge in [0.1, 0.15) is 0 Å². The molecule has 88 valence electrons. The van der Waals surface area contributed by atoms with E-state index in [1.165, 1.54) is 23.2 Å². The van der Waals surface area contributed by atoms with Crippen molar-refractivity contribution < 1.29 is 0 Å². The molecule has 2 rings (SSSR count). The zero-order valence-electron chi connectivity index (χ0n) is 9.96. The molecule has 16 heavy (non-hydrogen) atoms. The first kappa shape index (κ1) is 11.9. The van der Waals surface area contributed by atoms with E-state index in [0.717, 1.165) is 24.0 Å². The Morgan fingerprint density at radius 2 is 1.94 bits per heavy atom. The van der Waals surface area contributed by atoms with Crippen LogP contribution in [0.5, 0.6) is 0 Å². The number of nitrogens with zero attached hydrogens (tertiary/aromatic N) is 1. The van der Waals surface area contributed by atoms with Crippen LogP contribution in [0.15, 0.2) is 16.6 Å². The summed E-state index contributed by atoms with van der Waals surface area (Å²) >= 11 is 3.54. The van der Waals surface area contributed by atoms with Crippen LogP contribution in [0, 0.1) is 13.8 Å². The molecule has 0 spiro atoms. The lowest BCUT2D eigenvalue weighted by atomic mass is 10.0. The molecule has 0 amide bonds. The quantitative estimate of drug-likeness (QED) is 0.858. The molecule has 1 aromatic carbocycles. The van der Waals surface area contributed by atoms with Crippen molar-refractivity contribution in [2.75, 3.05) is 18.0 Å². The Labute approximate surface area is 106 Å². The van der Waals surface area contributed by atoms with E-state index < -0.39 is 0 Å². The summed E-state index contributed by atoms with van der Waals surface area (Å²) in [4.78, 5) is 2.44. The van der Waals surface area contributed by atoms with Gasteiger partial charge in [0.2, 0.25) is 0 Å². The zero-order valence-corrected chi connectivity index (χ0v) is 11.5. The van der Waals surface area contributed by atoms with E-state index in [9.17, 15) is 0 Å². The molecule has 3 heteroatoms. The van der Waals surface area contributed by atoms with E-state index in [1.807, 2.05) is 0 Å². The molecule has 1 aliphatic heterocycles. The SMILES string of the molecule is Cc1cc(Br)cc(C)c1N1CCC[C@H](N)C1. The molecular weight excluding hydrogens is 264 g/mol. The van der Waals surface area contributed by atoms with E-state index in [1.54, 1.807) is 0 Å². The number of piperidine rings is 1. The summed E-state index contributed by atoms with van der Waals surface area (Å²) in [5.41, 5.74) is 10.1. The van der Waals surface area contributed by atoms with E-state index in [0.29, 0.717) is 6.04 Å². The van der Waals surface area contributed by atoms with E-state index >= 15 is 0 Å². The maximum atomic E-state index is 6.04. The molecule has 1 heterocycles. The average Bonchev–Trinajstić information content (AvgIpc) is 2.15. The van der Waals surface area contributed by atoms with Gasteiger partial charge in [0.25, 0.3) is 0 Å². The number of nitrogens with two attached hydrogens (primary N) is 1. The highest BCUT2D eigenvalue weighted by atomic mass is 79.9. The second kappa shape index (κ2) is 4.76. The van der Waals surface area contributed by atoms with Crippen molar-refractivity contribution in [1.29, 1.82) is 0 Å². The largest absolute Gasteiger partial charge is 0.370 e. The lowest BCUT2D eigenvalue weighted by molar-refractivity contribution is 0.505. The summed E-state index contributed by atoms with van der Waals surface area (Å²) in [6.45, 7) is 6.47. The van der Waals surface area contributed by atoms with Crippen molar-refractivity contribution in [3.05, 3.63) is 27.7 Å². The molecule has 0 aromatic heterocycles. The van der Waals surface area contributed by atoms with Crippen molar-refractivity contribution >= 4 is 21.6 Å². The number of aryl methyl sites for hydroxylation is 2. The molecule has 1 saturated heterocycles. The van der Waals surface area contributed by atoms with Gasteiger partial charge in [0.05, 0.1) is 0 Å². The first-order valence-corrected chi connectivity index (χ1v) is 6.64. The number of rotatable bonds is 1. The third-order valence-corrected chi connectivity index (χ3v) is 3.69. The minimum Gasteiger partial charge on any atom is -0.370 e. The smallest absolute Gasteiger partial charge is 0.0426 e. The van der Waals surface area contributed by atoms with Crippen LogP contribution in [0.3, 0.4) is 0 Å². The Morgan fingerprint density at radius 1 is 1.31 bits per heavy atom. The van der Waals surface area contributed by atoms with Crippen molar-refractivity contribution in [2.24, 2.45) is 5.73 Å². The average molecular weight is 283 g/mol. The summed E-state index contributed by atoms with van der Waals surface area (Å²) in [6.07, 6.45) is 2.36. The number of hydrogen-bond donors (Lipinski definition) is 1. The predicted octanol–water partition coefficient (Wildman–Crippen LogP) is 2.99. The Hall–Kier alpha value is -0.540. The number of halogens is 1. The van der Waals surface area contributed by atoms with Crippen LogP contribution in [0.1, 0.15) is 24.0 Å². The number of hydrogen-bond acceptors (Lipinski definition) is 2. The molecule has 2 N–H and O–H groups in total. The van der Waals surface area contributed by atoms with Crippen molar-refractivity contribution in [2.45, 2.75) is 32.7 Å². The van der Waals surface area contributed by atoms with Crippen molar-refractivity contribution in [1.82, 2.24) is 0 Å². The summed E-state index contributed by atoms with van der Waals surface area (Å²) in [6, 6.07) is 4.70. The van der Waals surface area contributed by atoms with Crippen LogP contribution in [-0.2, 0) is 0 Å². The molecule has 1 aromatic rings. The van der Waals surface area contributed by atoms with Crippen LogP contribution in [0.4, 0.5) is 5.69 Å². The fraction of sp³-hybridized carbons (Fsp3) is 0.538. The predicted molar refractivity (Wildman–Crippen MR) is 73.0 cm³/mol. The summed E-state index contributed by atoms with van der Waals surface area (Å²) in [7, 11) is 0. The summed E-state index contributed by atoms with van der Waals surface area (Å²) in [5.74, 6) is 0. The molecule has 1 fully saturated rings. The van der Waals surface area contributed by atoms with Crippen LogP contribution in [0.2, 0.25) is 0 Å². The highest BCUT2D eigenvalue weighted by molar-refractivity contribution is 9.10. The maximum Gasteiger partial charge on any atom is 0.0426 e. The van der Waals surface area contributed by atoms with Gasteiger partial charge < -0.3 is 10.6 Å². The van der Waals surface area contributed by atoms with Gasteiger partial charge >= 0.3 is 0 Å². The highest BCUT2D eigenvalue weighted by Crippen LogP contribution is 2.30.